The Morgan fingerprint density at radius 2 is 2.03 bits per heavy atom. The summed E-state index contributed by atoms with van der Waals surface area (Å²) < 4.78 is 17.6. The van der Waals surface area contributed by atoms with Gasteiger partial charge in [-0.25, -0.2) is 14.1 Å². The van der Waals surface area contributed by atoms with Gasteiger partial charge in [0.05, 0.1) is 22.6 Å². The number of amides is 1. The number of benzene rings is 1. The Labute approximate surface area is 171 Å². The van der Waals surface area contributed by atoms with Gasteiger partial charge in [-0.3, -0.25) is 4.79 Å². The first-order valence-electron chi connectivity index (χ1n) is 9.75. The fraction of sp³-hybridized carbons (Fsp3) is 0.300. The smallest absolute Gasteiger partial charge is 0.258 e. The van der Waals surface area contributed by atoms with E-state index in [0.717, 1.165) is 37.4 Å². The van der Waals surface area contributed by atoms with Crippen LogP contribution in [0.3, 0.4) is 0 Å². The second kappa shape index (κ2) is 7.06. The number of carbonyl (C=O) groups excluding carboxylic acids is 1. The van der Waals surface area contributed by atoms with E-state index in [0.29, 0.717) is 22.5 Å². The van der Waals surface area contributed by atoms with Crippen molar-refractivity contribution in [3.8, 4) is 0 Å². The second-order valence-electron chi connectivity index (χ2n) is 7.42. The van der Waals surface area contributed by atoms with Gasteiger partial charge in [0.15, 0.2) is 11.5 Å². The van der Waals surface area contributed by atoms with Crippen LogP contribution in [-0.4, -0.2) is 56.5 Å². The predicted octanol–water partition coefficient (Wildman–Crippen LogP) is 1.73. The molecule has 1 aromatic carbocycles. The van der Waals surface area contributed by atoms with Crippen LogP contribution in [0.5, 0.6) is 0 Å². The molecule has 1 fully saturated rings. The van der Waals surface area contributed by atoms with Crippen molar-refractivity contribution in [2.24, 2.45) is 7.05 Å². The van der Waals surface area contributed by atoms with E-state index in [2.05, 4.69) is 30.8 Å². The molecule has 30 heavy (non-hydrogen) atoms. The molecule has 1 aliphatic heterocycles. The van der Waals surface area contributed by atoms with Gasteiger partial charge in [-0.1, -0.05) is 5.21 Å². The van der Waals surface area contributed by atoms with Crippen LogP contribution in [0.4, 0.5) is 15.8 Å². The first kappa shape index (κ1) is 18.5. The first-order valence-corrected chi connectivity index (χ1v) is 9.75. The van der Waals surface area contributed by atoms with Crippen molar-refractivity contribution in [3.05, 3.63) is 47.7 Å². The Morgan fingerprint density at radius 1 is 1.23 bits per heavy atom. The fourth-order valence-corrected chi connectivity index (χ4v) is 3.94. The van der Waals surface area contributed by atoms with Crippen LogP contribution in [0.15, 0.2) is 30.6 Å². The summed E-state index contributed by atoms with van der Waals surface area (Å²) >= 11 is 0. The standard InChI is InChI=1S/C20H21FN8O/c1-12-10-29-11-13(9-15(21)19(29)23-12)24-20(30)14-3-4-16(28-7-5-22-6-8-28)18-17(14)25-26-27(18)2/h3-4,9-11,22H,5-8H2,1-2H3,(H,24,30). The monoisotopic (exact) mass is 408 g/mol. The number of hydrogen-bond acceptors (Lipinski definition) is 6. The van der Waals surface area contributed by atoms with Gasteiger partial charge >= 0.3 is 0 Å². The molecule has 154 valence electrons. The van der Waals surface area contributed by atoms with E-state index in [1.807, 2.05) is 13.1 Å². The molecule has 4 heterocycles. The number of aromatic nitrogens is 5. The minimum absolute atomic E-state index is 0.224. The highest BCUT2D eigenvalue weighted by Gasteiger charge is 2.22. The predicted molar refractivity (Wildman–Crippen MR) is 111 cm³/mol. The van der Waals surface area contributed by atoms with Crippen LogP contribution in [0.25, 0.3) is 16.7 Å². The number of hydrogen-bond donors (Lipinski definition) is 2. The van der Waals surface area contributed by atoms with E-state index in [1.165, 1.54) is 6.07 Å². The number of pyridine rings is 1. The van der Waals surface area contributed by atoms with E-state index in [1.54, 1.807) is 34.5 Å². The summed E-state index contributed by atoms with van der Waals surface area (Å²) in [6.45, 7) is 5.33. The van der Waals surface area contributed by atoms with Gasteiger partial charge in [-0.15, -0.1) is 5.10 Å². The lowest BCUT2D eigenvalue weighted by atomic mass is 10.1. The maximum Gasteiger partial charge on any atom is 0.258 e. The summed E-state index contributed by atoms with van der Waals surface area (Å²) in [5, 5.41) is 14.5. The largest absolute Gasteiger partial charge is 0.367 e. The van der Waals surface area contributed by atoms with Gasteiger partial charge in [0.2, 0.25) is 0 Å². The number of fused-ring (bicyclic) bond motifs is 2. The van der Waals surface area contributed by atoms with Crippen molar-refractivity contribution in [1.29, 1.82) is 0 Å². The zero-order valence-corrected chi connectivity index (χ0v) is 16.7. The molecular formula is C20H21FN8O. The third-order valence-electron chi connectivity index (χ3n) is 5.32. The third-order valence-corrected chi connectivity index (χ3v) is 5.32. The molecule has 3 aromatic heterocycles. The lowest BCUT2D eigenvalue weighted by Gasteiger charge is -2.30. The SMILES string of the molecule is Cc1cn2cc(NC(=O)c3ccc(N4CCNCC4)c4c3nnn4C)cc(F)c2n1. The molecule has 2 N–H and O–H groups in total. The highest BCUT2D eigenvalue weighted by atomic mass is 19.1. The number of piperazine rings is 1. The number of halogens is 1. The summed E-state index contributed by atoms with van der Waals surface area (Å²) in [6, 6.07) is 4.94. The second-order valence-corrected chi connectivity index (χ2v) is 7.42. The lowest BCUT2D eigenvalue weighted by Crippen LogP contribution is -2.43. The number of nitrogens with zero attached hydrogens (tertiary/aromatic N) is 6. The molecule has 0 radical (unpaired) electrons. The number of anilines is 2. The Kier molecular flexibility index (Phi) is 4.35. The Morgan fingerprint density at radius 3 is 2.83 bits per heavy atom. The average Bonchev–Trinajstić information content (AvgIpc) is 3.31. The number of imidazole rings is 1. The molecule has 0 aliphatic carbocycles. The quantitative estimate of drug-likeness (QED) is 0.536. The Balaban J connectivity index is 1.51. The van der Waals surface area contributed by atoms with E-state index in [4.69, 9.17) is 0 Å². The topological polar surface area (TPSA) is 92.4 Å². The highest BCUT2D eigenvalue weighted by molar-refractivity contribution is 6.13. The first-order chi connectivity index (χ1) is 14.5. The van der Waals surface area contributed by atoms with Crippen molar-refractivity contribution in [2.75, 3.05) is 36.4 Å². The molecule has 0 bridgehead atoms. The summed E-state index contributed by atoms with van der Waals surface area (Å²) in [6.07, 6.45) is 3.34. The molecule has 1 amide bonds. The number of carbonyl (C=O) groups is 1. The van der Waals surface area contributed by atoms with Crippen LogP contribution < -0.4 is 15.5 Å². The fourth-order valence-electron chi connectivity index (χ4n) is 3.94. The zero-order chi connectivity index (χ0) is 20.8. The van der Waals surface area contributed by atoms with Crippen LogP contribution in [0, 0.1) is 12.7 Å². The zero-order valence-electron chi connectivity index (χ0n) is 16.7. The van der Waals surface area contributed by atoms with Crippen molar-refractivity contribution in [2.45, 2.75) is 6.92 Å². The average molecular weight is 408 g/mol. The Bertz CT molecular complexity index is 1270. The van der Waals surface area contributed by atoms with Crippen LogP contribution in [0.2, 0.25) is 0 Å². The van der Waals surface area contributed by atoms with Gasteiger partial charge in [0.1, 0.15) is 11.0 Å². The summed E-state index contributed by atoms with van der Waals surface area (Å²) in [5.41, 5.74) is 3.97. The van der Waals surface area contributed by atoms with Crippen molar-refractivity contribution < 1.29 is 9.18 Å². The molecule has 0 atom stereocenters. The number of rotatable bonds is 3. The highest BCUT2D eigenvalue weighted by Crippen LogP contribution is 2.29. The van der Waals surface area contributed by atoms with Crippen molar-refractivity contribution in [1.82, 2.24) is 29.7 Å². The van der Waals surface area contributed by atoms with E-state index in [9.17, 15) is 9.18 Å². The molecule has 9 nitrogen and oxygen atoms in total. The Hall–Kier alpha value is -3.53. The van der Waals surface area contributed by atoms with Gasteiger partial charge in [-0.2, -0.15) is 0 Å². The van der Waals surface area contributed by atoms with Gasteiger partial charge in [0, 0.05) is 51.7 Å². The summed E-state index contributed by atoms with van der Waals surface area (Å²) in [5.74, 6) is -0.873. The molecule has 0 unspecified atom stereocenters. The van der Waals surface area contributed by atoms with E-state index in [-0.39, 0.29) is 11.6 Å². The molecule has 4 aromatic rings. The molecule has 1 aliphatic rings. The minimum Gasteiger partial charge on any atom is -0.367 e. The number of aryl methyl sites for hydroxylation is 2. The maximum absolute atomic E-state index is 14.4. The molecule has 0 spiro atoms. The summed E-state index contributed by atoms with van der Waals surface area (Å²) in [4.78, 5) is 19.4. The molecule has 0 saturated carbocycles. The van der Waals surface area contributed by atoms with Gasteiger partial charge in [-0.05, 0) is 19.1 Å². The van der Waals surface area contributed by atoms with Crippen LogP contribution in [-0.2, 0) is 7.05 Å². The minimum atomic E-state index is -0.500. The van der Waals surface area contributed by atoms with E-state index >= 15 is 0 Å². The van der Waals surface area contributed by atoms with Gasteiger partial charge in [0.25, 0.3) is 5.91 Å². The summed E-state index contributed by atoms with van der Waals surface area (Å²) in [7, 11) is 1.81. The third kappa shape index (κ3) is 3.05. The van der Waals surface area contributed by atoms with Crippen LogP contribution >= 0.6 is 0 Å². The van der Waals surface area contributed by atoms with E-state index < -0.39 is 5.82 Å². The number of nitrogens with one attached hydrogen (secondary N) is 2. The maximum atomic E-state index is 14.4. The van der Waals surface area contributed by atoms with Crippen LogP contribution in [0.1, 0.15) is 16.1 Å². The molecule has 10 heteroatoms. The molecule has 5 rings (SSSR count). The molecule has 1 saturated heterocycles. The van der Waals surface area contributed by atoms with Gasteiger partial charge < -0.3 is 19.9 Å². The lowest BCUT2D eigenvalue weighted by molar-refractivity contribution is 0.102. The molecular weight excluding hydrogens is 387 g/mol. The normalized spacial score (nSPS) is 14.6. The van der Waals surface area contributed by atoms with Crippen molar-refractivity contribution >= 4 is 34.0 Å². The van der Waals surface area contributed by atoms with Crippen molar-refractivity contribution in [3.63, 3.8) is 0 Å².